The lowest BCUT2D eigenvalue weighted by Gasteiger charge is -2.27. The number of hydrogen-bond acceptors (Lipinski definition) is 8. The second-order valence-corrected chi connectivity index (χ2v) is 18.1. The molecule has 0 bridgehead atoms. The second kappa shape index (κ2) is 13.0. The molecule has 1 spiro atoms. The molecule has 8 rings (SSSR count). The van der Waals surface area contributed by atoms with Crippen molar-refractivity contribution in [1.82, 2.24) is 19.3 Å². The number of fused-ring (bicyclic) bond motifs is 2. The summed E-state index contributed by atoms with van der Waals surface area (Å²) < 4.78 is 55.5. The quantitative estimate of drug-likeness (QED) is 0.168. The molecule has 1 amide bonds. The molecule has 1 saturated carbocycles. The largest absolute Gasteiger partial charge is 0.494 e. The number of rotatable bonds is 8. The molecular weight excluding hydrogens is 706 g/mol. The highest BCUT2D eigenvalue weighted by Gasteiger charge is 2.56. The van der Waals surface area contributed by atoms with Gasteiger partial charge in [-0.15, -0.1) is 0 Å². The van der Waals surface area contributed by atoms with E-state index in [4.69, 9.17) is 14.5 Å². The van der Waals surface area contributed by atoms with E-state index in [-0.39, 0.29) is 11.5 Å². The Morgan fingerprint density at radius 3 is 2.56 bits per heavy atom. The molecule has 2 fully saturated rings. The van der Waals surface area contributed by atoms with Gasteiger partial charge in [-0.2, -0.15) is 0 Å². The van der Waals surface area contributed by atoms with Crippen molar-refractivity contribution in [2.24, 2.45) is 5.41 Å². The van der Waals surface area contributed by atoms with Gasteiger partial charge in [0.2, 0.25) is 10.0 Å². The van der Waals surface area contributed by atoms with Gasteiger partial charge in [0.1, 0.15) is 21.9 Å². The molecule has 1 saturated heterocycles. The summed E-state index contributed by atoms with van der Waals surface area (Å²) in [6.07, 6.45) is 13.9. The van der Waals surface area contributed by atoms with Crippen LogP contribution in [0.4, 0.5) is 14.9 Å². The zero-order valence-corrected chi connectivity index (χ0v) is 31.9. The maximum absolute atomic E-state index is 15.9. The van der Waals surface area contributed by atoms with Crippen LogP contribution in [0.15, 0.2) is 91.4 Å². The Labute approximate surface area is 314 Å². The third-order valence-corrected chi connectivity index (χ3v) is 13.2. The van der Waals surface area contributed by atoms with E-state index < -0.39 is 32.3 Å². The summed E-state index contributed by atoms with van der Waals surface area (Å²) in [6, 6.07) is 14.2. The highest BCUT2D eigenvalue weighted by Crippen LogP contribution is 2.55. The van der Waals surface area contributed by atoms with Gasteiger partial charge >= 0.3 is 6.09 Å². The summed E-state index contributed by atoms with van der Waals surface area (Å²) in [7, 11) is -3.86. The topological polar surface area (TPSA) is 116 Å². The number of benzene rings is 2. The number of halogens is 1. The maximum atomic E-state index is 15.9. The minimum absolute atomic E-state index is 0.140. The van der Waals surface area contributed by atoms with Crippen molar-refractivity contribution in [3.05, 3.63) is 97.2 Å². The fourth-order valence-corrected chi connectivity index (χ4v) is 9.49. The summed E-state index contributed by atoms with van der Waals surface area (Å²) in [5.41, 5.74) is 3.65. The van der Waals surface area contributed by atoms with E-state index in [0.717, 1.165) is 35.0 Å². The number of amides is 1. The van der Waals surface area contributed by atoms with E-state index in [0.29, 0.717) is 59.5 Å². The number of allylic oxidation sites excluding steroid dienone is 3. The Morgan fingerprint density at radius 1 is 1.02 bits per heavy atom. The molecule has 5 aromatic rings. The summed E-state index contributed by atoms with van der Waals surface area (Å²) in [4.78, 5) is 24.6. The number of hydrogen-bond donors (Lipinski definition) is 1. The molecule has 1 N–H and O–H groups in total. The van der Waals surface area contributed by atoms with Crippen LogP contribution in [0.1, 0.15) is 53.9 Å². The minimum atomic E-state index is -3.86. The first kappa shape index (κ1) is 35.8. The molecule has 2 aliphatic carbocycles. The van der Waals surface area contributed by atoms with Gasteiger partial charge in [-0.05, 0) is 107 Å². The lowest BCUT2D eigenvalue weighted by molar-refractivity contribution is 0.0493. The monoisotopic (exact) mass is 749 g/mol. The number of ether oxygens (including phenoxy) is 2. The van der Waals surface area contributed by atoms with Crippen molar-refractivity contribution in [2.45, 2.75) is 70.3 Å². The summed E-state index contributed by atoms with van der Waals surface area (Å²) in [6.45, 7) is 10.7. The first-order valence-electron chi connectivity index (χ1n) is 18.4. The minimum Gasteiger partial charge on any atom is -0.494 e. The molecule has 2 aromatic carbocycles. The molecule has 1 unspecified atom stereocenters. The molecule has 2 atom stereocenters. The molecule has 54 heavy (non-hydrogen) atoms. The number of carbonyl (C=O) groups is 1. The Morgan fingerprint density at radius 2 is 1.83 bits per heavy atom. The van der Waals surface area contributed by atoms with Crippen molar-refractivity contribution >= 4 is 43.7 Å². The zero-order chi connectivity index (χ0) is 38.0. The Kier molecular flexibility index (Phi) is 8.59. The normalized spacial score (nSPS) is 20.6. The van der Waals surface area contributed by atoms with E-state index in [2.05, 4.69) is 15.2 Å². The molecule has 1 aliphatic heterocycles. The standard InChI is InChI=1S/C42H44FN5O5S/c1-6-52-28-11-12-34(43)31(23-28)33-24-45-35-13-10-27(22-32(35)37(33)47-25-36(42(26-47)18-19-42)46-39(49)53-40(2,3)4)29-14-20-44-38-30(29)15-21-48(38)54(50,51)41(5)16-8-7-9-17-41/h7-16,20-24,36H,6,17-19,25-26H2,1-5H3,(H,46,49)/t36-,41?/m1/s1. The van der Waals surface area contributed by atoms with E-state index in [1.807, 2.05) is 64.1 Å². The van der Waals surface area contributed by atoms with E-state index in [1.165, 1.54) is 10.0 Å². The molecule has 3 aromatic heterocycles. The van der Waals surface area contributed by atoms with E-state index >= 15 is 4.39 Å². The van der Waals surface area contributed by atoms with E-state index in [9.17, 15) is 13.2 Å². The van der Waals surface area contributed by atoms with Crippen LogP contribution in [0.5, 0.6) is 5.75 Å². The number of nitrogens with zero attached hydrogens (tertiary/aromatic N) is 4. The summed E-state index contributed by atoms with van der Waals surface area (Å²) in [5, 5.41) is 4.63. The molecule has 3 aliphatic rings. The second-order valence-electron chi connectivity index (χ2n) is 15.8. The lowest BCUT2D eigenvalue weighted by Crippen LogP contribution is -2.44. The number of nitrogens with one attached hydrogen (secondary N) is 1. The molecular formula is C42H44FN5O5S. The van der Waals surface area contributed by atoms with Crippen LogP contribution in [-0.4, -0.2) is 64.5 Å². The highest BCUT2D eigenvalue weighted by molar-refractivity contribution is 7.91. The van der Waals surface area contributed by atoms with Gasteiger partial charge < -0.3 is 19.7 Å². The van der Waals surface area contributed by atoms with Gasteiger partial charge in [-0.3, -0.25) is 4.98 Å². The van der Waals surface area contributed by atoms with Crippen molar-refractivity contribution < 1.29 is 27.1 Å². The average Bonchev–Trinajstić information content (AvgIpc) is 3.63. The third-order valence-electron chi connectivity index (χ3n) is 10.9. The van der Waals surface area contributed by atoms with Crippen molar-refractivity contribution in [3.63, 3.8) is 0 Å². The van der Waals surface area contributed by atoms with Crippen LogP contribution in [0.25, 0.3) is 44.2 Å². The van der Waals surface area contributed by atoms with Gasteiger partial charge in [0, 0.05) is 59.0 Å². The first-order valence-corrected chi connectivity index (χ1v) is 19.8. The molecule has 10 nitrogen and oxygen atoms in total. The third kappa shape index (κ3) is 6.19. The van der Waals surface area contributed by atoms with Gasteiger partial charge in [-0.25, -0.2) is 26.6 Å². The molecule has 280 valence electrons. The van der Waals surface area contributed by atoms with Crippen molar-refractivity contribution in [3.8, 4) is 28.0 Å². The fourth-order valence-electron chi connectivity index (χ4n) is 7.89. The van der Waals surface area contributed by atoms with Gasteiger partial charge in [0.25, 0.3) is 0 Å². The molecule has 0 radical (unpaired) electrons. The Bertz CT molecular complexity index is 2480. The summed E-state index contributed by atoms with van der Waals surface area (Å²) in [5.74, 6) is 0.140. The van der Waals surface area contributed by atoms with E-state index in [1.54, 1.807) is 55.9 Å². The number of alkyl carbamates (subject to hydrolysis) is 1. The molecule has 4 heterocycles. The number of carbonyl (C=O) groups excluding carboxylic acids is 1. The average molecular weight is 750 g/mol. The summed E-state index contributed by atoms with van der Waals surface area (Å²) >= 11 is 0. The van der Waals surface area contributed by atoms with Crippen LogP contribution in [0, 0.1) is 11.2 Å². The van der Waals surface area contributed by atoms with Crippen LogP contribution in [0.2, 0.25) is 0 Å². The smallest absolute Gasteiger partial charge is 0.407 e. The number of anilines is 1. The van der Waals surface area contributed by atoms with Crippen molar-refractivity contribution in [1.29, 1.82) is 0 Å². The molecule has 12 heteroatoms. The lowest BCUT2D eigenvalue weighted by atomic mass is 9.97. The highest BCUT2D eigenvalue weighted by atomic mass is 32.2. The first-order chi connectivity index (χ1) is 25.7. The SMILES string of the molecule is CCOc1ccc(F)c(-c2cnc3ccc(-c4ccnc5c4ccn5S(=O)(=O)C4(C)C=CC=CC4)cc3c2N2C[C@@H](NC(=O)OC(C)(C)C)C3(CC3)C2)c1. The van der Waals surface area contributed by atoms with Crippen LogP contribution >= 0.6 is 0 Å². The van der Waals surface area contributed by atoms with Gasteiger partial charge in [0.15, 0.2) is 5.65 Å². The van der Waals surface area contributed by atoms with Crippen LogP contribution in [0.3, 0.4) is 0 Å². The van der Waals surface area contributed by atoms with Crippen LogP contribution < -0.4 is 15.0 Å². The Hall–Kier alpha value is -5.23. The Balaban J connectivity index is 1.27. The maximum Gasteiger partial charge on any atom is 0.407 e. The predicted octanol–water partition coefficient (Wildman–Crippen LogP) is 8.40. The van der Waals surface area contributed by atoms with Crippen LogP contribution in [-0.2, 0) is 14.8 Å². The van der Waals surface area contributed by atoms with Crippen molar-refractivity contribution in [2.75, 3.05) is 24.6 Å². The van der Waals surface area contributed by atoms with Gasteiger partial charge in [0.05, 0.1) is 23.9 Å². The fraction of sp³-hybridized carbons (Fsp3) is 0.357. The number of pyridine rings is 2. The predicted molar refractivity (Wildman–Crippen MR) is 210 cm³/mol. The number of aromatic nitrogens is 3. The van der Waals surface area contributed by atoms with Gasteiger partial charge in [-0.1, -0.05) is 30.4 Å². The zero-order valence-electron chi connectivity index (χ0n) is 31.1.